The number of carbonyl (C=O) groups excluding carboxylic acids is 1. The summed E-state index contributed by atoms with van der Waals surface area (Å²) in [7, 11) is 0. The van der Waals surface area contributed by atoms with Crippen LogP contribution in [-0.4, -0.2) is 5.91 Å². The number of fused-ring (bicyclic) bond motifs is 1. The van der Waals surface area contributed by atoms with Gasteiger partial charge in [-0.3, -0.25) is 9.59 Å². The predicted molar refractivity (Wildman–Crippen MR) is 86.0 cm³/mol. The zero-order valence-corrected chi connectivity index (χ0v) is 11.9. The molecule has 0 spiro atoms. The third-order valence-corrected chi connectivity index (χ3v) is 3.36. The highest BCUT2D eigenvalue weighted by atomic mass is 16.3. The Hall–Kier alpha value is -3.08. The number of amides is 1. The first kappa shape index (κ1) is 13.9. The second-order valence-electron chi connectivity index (χ2n) is 4.99. The van der Waals surface area contributed by atoms with E-state index in [0.717, 1.165) is 5.56 Å². The van der Waals surface area contributed by atoms with Crippen molar-refractivity contribution in [2.45, 2.75) is 6.92 Å². The van der Waals surface area contributed by atoms with Gasteiger partial charge < -0.3 is 15.5 Å². The first-order chi connectivity index (χ1) is 10.6. The Bertz CT molecular complexity index is 911. The summed E-state index contributed by atoms with van der Waals surface area (Å²) in [5.74, 6) is -0.769. The first-order valence-corrected chi connectivity index (χ1v) is 6.75. The molecule has 0 bridgehead atoms. The molecule has 110 valence electrons. The van der Waals surface area contributed by atoms with Crippen molar-refractivity contribution >= 4 is 28.4 Å². The van der Waals surface area contributed by atoms with Crippen molar-refractivity contribution in [3.8, 4) is 0 Å². The molecule has 0 saturated heterocycles. The summed E-state index contributed by atoms with van der Waals surface area (Å²) in [5.41, 5.74) is 7.13. The third-order valence-electron chi connectivity index (χ3n) is 3.36. The quantitative estimate of drug-likeness (QED) is 0.761. The molecule has 3 aromatic rings. The summed E-state index contributed by atoms with van der Waals surface area (Å²) >= 11 is 0. The largest absolute Gasteiger partial charge is 0.440 e. The second-order valence-corrected chi connectivity index (χ2v) is 4.99. The summed E-state index contributed by atoms with van der Waals surface area (Å²) in [6.45, 7) is 1.95. The fourth-order valence-corrected chi connectivity index (χ4v) is 2.20. The maximum Gasteiger partial charge on any atom is 0.265 e. The lowest BCUT2D eigenvalue weighted by Crippen LogP contribution is -2.23. The Morgan fingerprint density at radius 3 is 2.50 bits per heavy atom. The van der Waals surface area contributed by atoms with Crippen LogP contribution in [0, 0.1) is 6.92 Å². The molecule has 1 aromatic heterocycles. The molecule has 0 aliphatic carbocycles. The molecule has 0 atom stereocenters. The van der Waals surface area contributed by atoms with Gasteiger partial charge in [-0.1, -0.05) is 29.8 Å². The van der Waals surface area contributed by atoms with Gasteiger partial charge in [-0.05, 0) is 31.2 Å². The number of benzene rings is 2. The second kappa shape index (κ2) is 5.37. The van der Waals surface area contributed by atoms with Crippen LogP contribution < -0.4 is 16.5 Å². The minimum absolute atomic E-state index is 0.181. The first-order valence-electron chi connectivity index (χ1n) is 6.75. The number of hydrogen-bond acceptors (Lipinski definition) is 4. The molecule has 0 saturated carbocycles. The van der Waals surface area contributed by atoms with Gasteiger partial charge in [-0.25, -0.2) is 0 Å². The van der Waals surface area contributed by atoms with Gasteiger partial charge in [0, 0.05) is 5.69 Å². The maximum atomic E-state index is 12.4. The Kier molecular flexibility index (Phi) is 3.39. The van der Waals surface area contributed by atoms with Gasteiger partial charge in [0.1, 0.15) is 11.1 Å². The zero-order valence-electron chi connectivity index (χ0n) is 11.9. The Morgan fingerprint density at radius 2 is 1.77 bits per heavy atom. The molecule has 2 aromatic carbocycles. The van der Waals surface area contributed by atoms with Gasteiger partial charge in [-0.15, -0.1) is 0 Å². The van der Waals surface area contributed by atoms with Gasteiger partial charge in [0.15, 0.2) is 0 Å². The molecule has 3 N–H and O–H groups in total. The van der Waals surface area contributed by atoms with Crippen molar-refractivity contribution in [3.63, 3.8) is 0 Å². The van der Waals surface area contributed by atoms with Crippen LogP contribution in [0.3, 0.4) is 0 Å². The summed E-state index contributed by atoms with van der Waals surface area (Å²) in [4.78, 5) is 24.8. The highest BCUT2D eigenvalue weighted by Crippen LogP contribution is 2.18. The molecule has 0 aliphatic heterocycles. The van der Waals surface area contributed by atoms with Crippen LogP contribution in [0.5, 0.6) is 0 Å². The van der Waals surface area contributed by atoms with Crippen molar-refractivity contribution < 1.29 is 9.21 Å². The topological polar surface area (TPSA) is 85.3 Å². The number of nitrogen functional groups attached to an aromatic ring is 1. The van der Waals surface area contributed by atoms with E-state index in [1.165, 1.54) is 0 Å². The number of carbonyl (C=O) groups is 1. The molecule has 0 aliphatic rings. The Balaban J connectivity index is 2.04. The van der Waals surface area contributed by atoms with Crippen LogP contribution in [0.2, 0.25) is 0 Å². The molecule has 0 fully saturated rings. The molecule has 5 nitrogen and oxygen atoms in total. The lowest BCUT2D eigenvalue weighted by molar-refractivity contribution is 0.102. The lowest BCUT2D eigenvalue weighted by Gasteiger charge is -2.08. The average Bonchev–Trinajstić information content (AvgIpc) is 2.49. The molecule has 3 rings (SSSR count). The summed E-state index contributed by atoms with van der Waals surface area (Å²) < 4.78 is 5.37. The van der Waals surface area contributed by atoms with Gasteiger partial charge in [0.25, 0.3) is 5.91 Å². The van der Waals surface area contributed by atoms with E-state index < -0.39 is 11.3 Å². The number of nitrogens with one attached hydrogen (secondary N) is 1. The van der Waals surface area contributed by atoms with E-state index in [-0.39, 0.29) is 11.4 Å². The number of rotatable bonds is 2. The predicted octanol–water partition coefficient (Wildman–Crippen LogP) is 2.94. The monoisotopic (exact) mass is 294 g/mol. The standard InChI is InChI=1S/C17H14N2O3/c1-10-6-8-11(9-7-10)19-17(21)14-15(20)12-4-2-3-5-13(12)22-16(14)18/h2-9H,18H2,1H3,(H,19,21). The normalized spacial score (nSPS) is 10.6. The Labute approximate surface area is 126 Å². The van der Waals surface area contributed by atoms with E-state index in [4.69, 9.17) is 10.2 Å². The van der Waals surface area contributed by atoms with Crippen molar-refractivity contribution in [1.29, 1.82) is 0 Å². The van der Waals surface area contributed by atoms with Gasteiger partial charge in [-0.2, -0.15) is 0 Å². The molecular weight excluding hydrogens is 280 g/mol. The van der Waals surface area contributed by atoms with Crippen LogP contribution in [0.15, 0.2) is 57.7 Å². The third kappa shape index (κ3) is 2.44. The summed E-state index contributed by atoms with van der Waals surface area (Å²) in [6, 6.07) is 13.9. The summed E-state index contributed by atoms with van der Waals surface area (Å²) in [6.07, 6.45) is 0. The van der Waals surface area contributed by atoms with E-state index in [0.29, 0.717) is 16.7 Å². The fraction of sp³-hybridized carbons (Fsp3) is 0.0588. The van der Waals surface area contributed by atoms with Crippen LogP contribution >= 0.6 is 0 Å². The average molecular weight is 294 g/mol. The van der Waals surface area contributed by atoms with Crippen molar-refractivity contribution in [1.82, 2.24) is 0 Å². The molecule has 0 unspecified atom stereocenters. The highest BCUT2D eigenvalue weighted by molar-refractivity contribution is 6.08. The zero-order chi connectivity index (χ0) is 15.7. The van der Waals surface area contributed by atoms with Crippen molar-refractivity contribution in [3.05, 3.63) is 69.9 Å². The van der Waals surface area contributed by atoms with Gasteiger partial charge in [0.2, 0.25) is 11.3 Å². The minimum atomic E-state index is -0.583. The van der Waals surface area contributed by atoms with E-state index >= 15 is 0 Å². The molecule has 22 heavy (non-hydrogen) atoms. The van der Waals surface area contributed by atoms with Crippen LogP contribution in [0.25, 0.3) is 11.0 Å². The molecule has 1 amide bonds. The van der Waals surface area contributed by atoms with Gasteiger partial charge in [0.05, 0.1) is 5.39 Å². The molecule has 5 heteroatoms. The number of anilines is 2. The van der Waals surface area contributed by atoms with Gasteiger partial charge >= 0.3 is 0 Å². The highest BCUT2D eigenvalue weighted by Gasteiger charge is 2.19. The van der Waals surface area contributed by atoms with Crippen LogP contribution in [0.1, 0.15) is 15.9 Å². The Morgan fingerprint density at radius 1 is 1.09 bits per heavy atom. The molecule has 0 radical (unpaired) electrons. The fourth-order valence-electron chi connectivity index (χ4n) is 2.20. The van der Waals surface area contributed by atoms with E-state index in [1.54, 1.807) is 36.4 Å². The van der Waals surface area contributed by atoms with Crippen LogP contribution in [-0.2, 0) is 0 Å². The van der Waals surface area contributed by atoms with E-state index in [1.807, 2.05) is 19.1 Å². The van der Waals surface area contributed by atoms with Crippen molar-refractivity contribution in [2.75, 3.05) is 11.1 Å². The minimum Gasteiger partial charge on any atom is -0.440 e. The smallest absolute Gasteiger partial charge is 0.265 e. The lowest BCUT2D eigenvalue weighted by atomic mass is 10.1. The van der Waals surface area contributed by atoms with Crippen molar-refractivity contribution in [2.24, 2.45) is 0 Å². The maximum absolute atomic E-state index is 12.4. The van der Waals surface area contributed by atoms with Crippen LogP contribution in [0.4, 0.5) is 11.6 Å². The molecule has 1 heterocycles. The summed E-state index contributed by atoms with van der Waals surface area (Å²) in [5, 5.41) is 2.98. The van der Waals surface area contributed by atoms with E-state index in [2.05, 4.69) is 5.32 Å². The number of para-hydroxylation sites is 1. The molecular formula is C17H14N2O3. The number of nitrogens with two attached hydrogens (primary N) is 1. The number of hydrogen-bond donors (Lipinski definition) is 2. The van der Waals surface area contributed by atoms with E-state index in [9.17, 15) is 9.59 Å². The SMILES string of the molecule is Cc1ccc(NC(=O)c2c(N)oc3ccccc3c2=O)cc1. The number of aryl methyl sites for hydroxylation is 1.